The predicted molar refractivity (Wildman–Crippen MR) is 78.9 cm³/mol. The quantitative estimate of drug-likeness (QED) is 0.738. The molecule has 0 saturated heterocycles. The van der Waals surface area contributed by atoms with Crippen molar-refractivity contribution in [3.05, 3.63) is 58.4 Å². The normalized spacial score (nSPS) is 10.9. The van der Waals surface area contributed by atoms with E-state index in [-0.39, 0.29) is 10.2 Å². The summed E-state index contributed by atoms with van der Waals surface area (Å²) in [5, 5.41) is 2.39. The molecular formula is C14H6ClF3N2OS. The maximum atomic E-state index is 13.5. The number of hydrogen-bond acceptors (Lipinski definition) is 3. The Morgan fingerprint density at radius 3 is 2.73 bits per heavy atom. The molecule has 0 radical (unpaired) electrons. The minimum atomic E-state index is -1.24. The summed E-state index contributed by atoms with van der Waals surface area (Å²) in [6.07, 6.45) is 0. The summed E-state index contributed by atoms with van der Waals surface area (Å²) in [6.45, 7) is 0. The van der Waals surface area contributed by atoms with Crippen LogP contribution in [0.5, 0.6) is 0 Å². The Morgan fingerprint density at radius 1 is 1.18 bits per heavy atom. The molecule has 112 valence electrons. The van der Waals surface area contributed by atoms with Crippen molar-refractivity contribution in [1.82, 2.24) is 4.98 Å². The Hall–Kier alpha value is -2.12. The summed E-state index contributed by atoms with van der Waals surface area (Å²) in [7, 11) is 0. The molecule has 0 aliphatic rings. The Balaban J connectivity index is 1.92. The average Bonchev–Trinajstić information content (AvgIpc) is 2.83. The molecule has 22 heavy (non-hydrogen) atoms. The van der Waals surface area contributed by atoms with Crippen LogP contribution >= 0.6 is 22.9 Å². The number of carbonyl (C=O) groups is 1. The number of hydrogen-bond donors (Lipinski definition) is 1. The Kier molecular flexibility index (Phi) is 3.76. The summed E-state index contributed by atoms with van der Waals surface area (Å²) in [5.41, 5.74) is -0.0464. The summed E-state index contributed by atoms with van der Waals surface area (Å²) >= 11 is 6.64. The van der Waals surface area contributed by atoms with Crippen LogP contribution in [0.1, 0.15) is 10.4 Å². The molecule has 3 rings (SSSR count). The standard InChI is InChI=1S/C14H6ClF3N2OS/c15-7-4-10-11(5-9(7)17)22-14(19-10)20-13(21)6-2-1-3-8(16)12(6)18/h1-5H,(H,19,20,21). The van der Waals surface area contributed by atoms with Gasteiger partial charge in [-0.3, -0.25) is 10.1 Å². The van der Waals surface area contributed by atoms with Gasteiger partial charge in [-0.25, -0.2) is 18.2 Å². The fourth-order valence-corrected chi connectivity index (χ4v) is 2.85. The first-order valence-corrected chi connectivity index (χ1v) is 7.16. The highest BCUT2D eigenvalue weighted by Crippen LogP contribution is 2.30. The van der Waals surface area contributed by atoms with Crippen LogP contribution in [-0.4, -0.2) is 10.9 Å². The van der Waals surface area contributed by atoms with E-state index in [4.69, 9.17) is 11.6 Å². The maximum absolute atomic E-state index is 13.5. The lowest BCUT2D eigenvalue weighted by atomic mass is 10.2. The van der Waals surface area contributed by atoms with Gasteiger partial charge in [0.25, 0.3) is 5.91 Å². The fraction of sp³-hybridized carbons (Fsp3) is 0. The third-order valence-electron chi connectivity index (χ3n) is 2.85. The number of nitrogens with zero attached hydrogens (tertiary/aromatic N) is 1. The zero-order valence-corrected chi connectivity index (χ0v) is 12.2. The van der Waals surface area contributed by atoms with E-state index < -0.39 is 28.9 Å². The number of thiazole rings is 1. The van der Waals surface area contributed by atoms with Crippen molar-refractivity contribution in [2.75, 3.05) is 5.32 Å². The van der Waals surface area contributed by atoms with Crippen molar-refractivity contribution >= 4 is 44.2 Å². The number of benzene rings is 2. The molecule has 1 heterocycles. The number of aromatic nitrogens is 1. The molecule has 1 N–H and O–H groups in total. The van der Waals surface area contributed by atoms with Gasteiger partial charge in [0.05, 0.1) is 20.8 Å². The maximum Gasteiger partial charge on any atom is 0.260 e. The van der Waals surface area contributed by atoms with E-state index in [1.807, 2.05) is 0 Å². The van der Waals surface area contributed by atoms with Crippen LogP contribution < -0.4 is 5.32 Å². The van der Waals surface area contributed by atoms with Crippen molar-refractivity contribution in [2.45, 2.75) is 0 Å². The molecule has 0 spiro atoms. The van der Waals surface area contributed by atoms with Crippen molar-refractivity contribution in [3.63, 3.8) is 0 Å². The van der Waals surface area contributed by atoms with Crippen LogP contribution in [0.3, 0.4) is 0 Å². The molecule has 1 amide bonds. The third kappa shape index (κ3) is 2.65. The lowest BCUT2D eigenvalue weighted by Crippen LogP contribution is -2.14. The zero-order chi connectivity index (χ0) is 15.9. The number of carbonyl (C=O) groups excluding carboxylic acids is 1. The minimum Gasteiger partial charge on any atom is -0.298 e. The molecule has 3 aromatic rings. The molecular weight excluding hydrogens is 337 g/mol. The lowest BCUT2D eigenvalue weighted by molar-refractivity contribution is 0.102. The van der Waals surface area contributed by atoms with Crippen LogP contribution in [0.25, 0.3) is 10.2 Å². The molecule has 0 bridgehead atoms. The first kappa shape index (κ1) is 14.8. The molecule has 0 saturated carbocycles. The zero-order valence-electron chi connectivity index (χ0n) is 10.7. The second-order valence-corrected chi connectivity index (χ2v) is 5.75. The lowest BCUT2D eigenvalue weighted by Gasteiger charge is -2.03. The molecule has 0 aliphatic heterocycles. The highest BCUT2D eigenvalue weighted by molar-refractivity contribution is 7.22. The second-order valence-electron chi connectivity index (χ2n) is 4.31. The Morgan fingerprint density at radius 2 is 1.95 bits per heavy atom. The third-order valence-corrected chi connectivity index (χ3v) is 4.07. The number of nitrogens with one attached hydrogen (secondary N) is 1. The highest BCUT2D eigenvalue weighted by Gasteiger charge is 2.17. The second kappa shape index (κ2) is 5.58. The van der Waals surface area contributed by atoms with E-state index in [1.54, 1.807) is 0 Å². The van der Waals surface area contributed by atoms with Gasteiger partial charge in [-0.05, 0) is 24.3 Å². The topological polar surface area (TPSA) is 42.0 Å². The van der Waals surface area contributed by atoms with Gasteiger partial charge in [-0.1, -0.05) is 29.0 Å². The fourth-order valence-electron chi connectivity index (χ4n) is 1.82. The summed E-state index contributed by atoms with van der Waals surface area (Å²) in [5.74, 6) is -3.81. The van der Waals surface area contributed by atoms with Crippen molar-refractivity contribution in [2.24, 2.45) is 0 Å². The number of anilines is 1. The highest BCUT2D eigenvalue weighted by atomic mass is 35.5. The van der Waals surface area contributed by atoms with Gasteiger partial charge in [-0.2, -0.15) is 0 Å². The first-order valence-electron chi connectivity index (χ1n) is 5.96. The van der Waals surface area contributed by atoms with Gasteiger partial charge < -0.3 is 0 Å². The monoisotopic (exact) mass is 342 g/mol. The minimum absolute atomic E-state index is 0.0909. The number of amides is 1. The molecule has 0 fully saturated rings. The van der Waals surface area contributed by atoms with E-state index in [9.17, 15) is 18.0 Å². The van der Waals surface area contributed by atoms with E-state index in [0.29, 0.717) is 10.2 Å². The molecule has 3 nitrogen and oxygen atoms in total. The van der Waals surface area contributed by atoms with Gasteiger partial charge in [0.15, 0.2) is 16.8 Å². The van der Waals surface area contributed by atoms with Crippen LogP contribution in [0, 0.1) is 17.5 Å². The van der Waals surface area contributed by atoms with E-state index in [0.717, 1.165) is 23.5 Å². The van der Waals surface area contributed by atoms with Crippen molar-refractivity contribution in [3.8, 4) is 0 Å². The van der Waals surface area contributed by atoms with Crippen molar-refractivity contribution < 1.29 is 18.0 Å². The van der Waals surface area contributed by atoms with Gasteiger partial charge in [0.2, 0.25) is 0 Å². The Labute approximate surface area is 131 Å². The van der Waals surface area contributed by atoms with Gasteiger partial charge in [0, 0.05) is 0 Å². The van der Waals surface area contributed by atoms with Gasteiger partial charge in [0.1, 0.15) is 5.82 Å². The molecule has 2 aromatic carbocycles. The summed E-state index contributed by atoms with van der Waals surface area (Å²) in [4.78, 5) is 16.0. The predicted octanol–water partition coefficient (Wildman–Crippen LogP) is 4.62. The average molecular weight is 343 g/mol. The van der Waals surface area contributed by atoms with Crippen LogP contribution in [0.2, 0.25) is 5.02 Å². The summed E-state index contributed by atoms with van der Waals surface area (Å²) in [6, 6.07) is 5.79. The summed E-state index contributed by atoms with van der Waals surface area (Å²) < 4.78 is 40.5. The number of halogens is 4. The first-order chi connectivity index (χ1) is 10.5. The smallest absolute Gasteiger partial charge is 0.260 e. The van der Waals surface area contributed by atoms with E-state index in [1.165, 1.54) is 18.2 Å². The van der Waals surface area contributed by atoms with E-state index >= 15 is 0 Å². The molecule has 0 atom stereocenters. The van der Waals surface area contributed by atoms with Crippen LogP contribution in [-0.2, 0) is 0 Å². The Bertz CT molecular complexity index is 858. The number of rotatable bonds is 2. The number of fused-ring (bicyclic) bond motifs is 1. The largest absolute Gasteiger partial charge is 0.298 e. The van der Waals surface area contributed by atoms with E-state index in [2.05, 4.69) is 10.3 Å². The van der Waals surface area contributed by atoms with Crippen LogP contribution in [0.4, 0.5) is 18.3 Å². The van der Waals surface area contributed by atoms with Gasteiger partial charge in [-0.15, -0.1) is 0 Å². The molecule has 8 heteroatoms. The van der Waals surface area contributed by atoms with Crippen molar-refractivity contribution in [1.29, 1.82) is 0 Å². The molecule has 1 aromatic heterocycles. The van der Waals surface area contributed by atoms with Crippen LogP contribution in [0.15, 0.2) is 30.3 Å². The molecule has 0 unspecified atom stereocenters. The SMILES string of the molecule is O=C(Nc1nc2cc(Cl)c(F)cc2s1)c1cccc(F)c1F. The molecule has 0 aliphatic carbocycles. The van der Waals surface area contributed by atoms with Gasteiger partial charge >= 0.3 is 0 Å².